The van der Waals surface area contributed by atoms with Crippen LogP contribution in [0.4, 0.5) is 0 Å². The molecule has 1 unspecified atom stereocenters. The van der Waals surface area contributed by atoms with Gasteiger partial charge in [-0.15, -0.1) is 0 Å². The molecule has 4 N–H and O–H groups in total. The minimum atomic E-state index is -1.75. The molecular weight excluding hydrogens is 162 g/mol. The van der Waals surface area contributed by atoms with Crippen molar-refractivity contribution in [2.24, 2.45) is 5.73 Å². The Hall–Kier alpha value is -0.393. The minimum absolute atomic E-state index is 0.0913. The molecule has 11 heavy (non-hydrogen) atoms. The lowest BCUT2D eigenvalue weighted by Crippen LogP contribution is -2.42. The van der Waals surface area contributed by atoms with Crippen LogP contribution in [0.2, 0.25) is 19.1 Å². The molecule has 0 aromatic carbocycles. The SMILES string of the molecule is C[Si](C)(CO)CC(N)C(=O)O. The number of nitrogens with two attached hydrogens (primary N) is 1. The van der Waals surface area contributed by atoms with E-state index in [1.807, 2.05) is 13.1 Å². The van der Waals surface area contributed by atoms with Crippen LogP contribution in [0.3, 0.4) is 0 Å². The van der Waals surface area contributed by atoms with Gasteiger partial charge in [0.25, 0.3) is 0 Å². The highest BCUT2D eigenvalue weighted by molar-refractivity contribution is 6.77. The maximum Gasteiger partial charge on any atom is 0.320 e. The number of carboxylic acid groups (broad SMARTS) is 1. The standard InChI is InChI=1S/C6H15NO3Si/c1-11(2,4-8)3-5(7)6(9)10/h5,8H,3-4,7H2,1-2H3,(H,9,10). The first-order chi connectivity index (χ1) is 4.89. The van der Waals surface area contributed by atoms with E-state index in [9.17, 15) is 4.79 Å². The first-order valence-electron chi connectivity index (χ1n) is 3.48. The van der Waals surface area contributed by atoms with Crippen molar-refractivity contribution in [3.8, 4) is 0 Å². The van der Waals surface area contributed by atoms with Gasteiger partial charge in [-0.05, 0) is 6.04 Å². The van der Waals surface area contributed by atoms with Crippen LogP contribution in [0.5, 0.6) is 0 Å². The number of hydrogen-bond donors (Lipinski definition) is 3. The Labute approximate surface area is 67.0 Å². The molecule has 1 atom stereocenters. The summed E-state index contributed by atoms with van der Waals surface area (Å²) in [5.41, 5.74) is 5.30. The van der Waals surface area contributed by atoms with Gasteiger partial charge in [0.05, 0.1) is 8.07 Å². The molecule has 0 saturated carbocycles. The Morgan fingerprint density at radius 2 is 2.09 bits per heavy atom. The number of hydrogen-bond acceptors (Lipinski definition) is 3. The van der Waals surface area contributed by atoms with E-state index in [1.54, 1.807) is 0 Å². The summed E-state index contributed by atoms with van der Waals surface area (Å²) >= 11 is 0. The van der Waals surface area contributed by atoms with Crippen molar-refractivity contribution >= 4 is 14.0 Å². The second-order valence-electron chi connectivity index (χ2n) is 3.47. The maximum absolute atomic E-state index is 10.3. The number of carbonyl (C=O) groups is 1. The second kappa shape index (κ2) is 3.84. The first-order valence-corrected chi connectivity index (χ1v) is 6.90. The Balaban J connectivity index is 3.93. The van der Waals surface area contributed by atoms with Crippen LogP contribution < -0.4 is 5.73 Å². The topological polar surface area (TPSA) is 83.5 Å². The number of rotatable bonds is 4. The highest BCUT2D eigenvalue weighted by Gasteiger charge is 2.26. The summed E-state index contributed by atoms with van der Waals surface area (Å²) in [5.74, 6) is -0.987. The lowest BCUT2D eigenvalue weighted by molar-refractivity contribution is -0.138. The van der Waals surface area contributed by atoms with Crippen LogP contribution in [0, 0.1) is 0 Å². The minimum Gasteiger partial charge on any atom is -0.480 e. The van der Waals surface area contributed by atoms with Gasteiger partial charge in [-0.2, -0.15) is 0 Å². The van der Waals surface area contributed by atoms with Crippen molar-refractivity contribution < 1.29 is 15.0 Å². The molecule has 0 bridgehead atoms. The number of carboxylic acids is 1. The predicted octanol–water partition coefficient (Wildman–Crippen LogP) is -0.362. The zero-order chi connectivity index (χ0) is 9.07. The van der Waals surface area contributed by atoms with Gasteiger partial charge in [0, 0.05) is 6.23 Å². The van der Waals surface area contributed by atoms with Crippen molar-refractivity contribution in [2.45, 2.75) is 25.2 Å². The van der Waals surface area contributed by atoms with E-state index >= 15 is 0 Å². The van der Waals surface area contributed by atoms with E-state index in [4.69, 9.17) is 15.9 Å². The largest absolute Gasteiger partial charge is 0.480 e. The highest BCUT2D eigenvalue weighted by Crippen LogP contribution is 2.09. The van der Waals surface area contributed by atoms with Gasteiger partial charge in [0.15, 0.2) is 0 Å². The third-order valence-electron chi connectivity index (χ3n) is 1.52. The third-order valence-corrected chi connectivity index (χ3v) is 3.92. The van der Waals surface area contributed by atoms with Crippen LogP contribution in [0.25, 0.3) is 0 Å². The van der Waals surface area contributed by atoms with Crippen molar-refractivity contribution in [1.29, 1.82) is 0 Å². The summed E-state index contributed by atoms with van der Waals surface area (Å²) < 4.78 is 0. The summed E-state index contributed by atoms with van der Waals surface area (Å²) in [5, 5.41) is 17.3. The smallest absolute Gasteiger partial charge is 0.320 e. The van der Waals surface area contributed by atoms with Gasteiger partial charge < -0.3 is 15.9 Å². The number of aliphatic carboxylic acids is 1. The molecule has 5 heteroatoms. The van der Waals surface area contributed by atoms with Gasteiger partial charge in [-0.25, -0.2) is 0 Å². The zero-order valence-corrected chi connectivity index (χ0v) is 7.87. The molecule has 66 valence electrons. The molecule has 0 radical (unpaired) electrons. The second-order valence-corrected chi connectivity index (χ2v) is 8.52. The summed E-state index contributed by atoms with van der Waals surface area (Å²) in [4.78, 5) is 10.3. The van der Waals surface area contributed by atoms with Crippen LogP contribution >= 0.6 is 0 Å². The molecule has 0 amide bonds. The van der Waals surface area contributed by atoms with Crippen LogP contribution in [-0.2, 0) is 4.79 Å². The predicted molar refractivity (Wildman–Crippen MR) is 45.0 cm³/mol. The molecule has 0 aromatic heterocycles. The molecule has 0 aliphatic heterocycles. The van der Waals surface area contributed by atoms with Crippen molar-refractivity contribution in [3.05, 3.63) is 0 Å². The molecule has 0 spiro atoms. The maximum atomic E-state index is 10.3. The van der Waals surface area contributed by atoms with Crippen LogP contribution in [-0.4, -0.2) is 36.5 Å². The van der Waals surface area contributed by atoms with Crippen molar-refractivity contribution in [3.63, 3.8) is 0 Å². The van der Waals surface area contributed by atoms with Gasteiger partial charge in [0.1, 0.15) is 6.04 Å². The average Bonchev–Trinajstić information content (AvgIpc) is 1.87. The quantitative estimate of drug-likeness (QED) is 0.512. The van der Waals surface area contributed by atoms with E-state index in [0.29, 0.717) is 6.04 Å². The Morgan fingerprint density at radius 1 is 1.64 bits per heavy atom. The van der Waals surface area contributed by atoms with Crippen molar-refractivity contribution in [1.82, 2.24) is 0 Å². The molecular formula is C6H15NO3Si. The fourth-order valence-corrected chi connectivity index (χ4v) is 2.24. The third kappa shape index (κ3) is 4.13. The van der Waals surface area contributed by atoms with Crippen LogP contribution in [0.15, 0.2) is 0 Å². The van der Waals surface area contributed by atoms with Gasteiger partial charge in [-0.1, -0.05) is 13.1 Å². The van der Waals surface area contributed by atoms with Crippen LogP contribution in [0.1, 0.15) is 0 Å². The fraction of sp³-hybridized carbons (Fsp3) is 0.833. The Morgan fingerprint density at radius 3 is 2.36 bits per heavy atom. The van der Waals surface area contributed by atoms with E-state index < -0.39 is 20.1 Å². The molecule has 0 heterocycles. The fourth-order valence-electron chi connectivity index (χ4n) is 0.747. The molecule has 0 saturated heterocycles. The monoisotopic (exact) mass is 177 g/mol. The molecule has 0 fully saturated rings. The zero-order valence-electron chi connectivity index (χ0n) is 6.87. The Bertz CT molecular complexity index is 149. The summed E-state index contributed by atoms with van der Waals surface area (Å²) in [7, 11) is -1.75. The van der Waals surface area contributed by atoms with E-state index in [2.05, 4.69) is 0 Å². The van der Waals surface area contributed by atoms with Gasteiger partial charge in [0.2, 0.25) is 0 Å². The lowest BCUT2D eigenvalue weighted by atomic mass is 10.4. The first kappa shape index (κ1) is 10.6. The Kier molecular flexibility index (Phi) is 3.71. The lowest BCUT2D eigenvalue weighted by Gasteiger charge is -2.20. The molecule has 0 aromatic rings. The van der Waals surface area contributed by atoms with Crippen molar-refractivity contribution in [2.75, 3.05) is 6.23 Å². The van der Waals surface area contributed by atoms with Gasteiger partial charge in [-0.3, -0.25) is 4.79 Å². The average molecular weight is 177 g/mol. The molecule has 0 rings (SSSR count). The molecule has 0 aliphatic rings. The van der Waals surface area contributed by atoms with E-state index in [0.717, 1.165) is 0 Å². The van der Waals surface area contributed by atoms with E-state index in [1.165, 1.54) is 0 Å². The summed E-state index contributed by atoms with van der Waals surface area (Å²) in [6.07, 6.45) is 0.0913. The molecule has 0 aliphatic carbocycles. The highest BCUT2D eigenvalue weighted by atomic mass is 28.3. The van der Waals surface area contributed by atoms with E-state index in [-0.39, 0.29) is 6.23 Å². The number of aliphatic hydroxyl groups is 1. The molecule has 4 nitrogen and oxygen atoms in total. The normalized spacial score (nSPS) is 14.5. The van der Waals surface area contributed by atoms with Gasteiger partial charge >= 0.3 is 5.97 Å². The summed E-state index contributed by atoms with van der Waals surface area (Å²) in [6.45, 7) is 3.82. The summed E-state index contributed by atoms with van der Waals surface area (Å²) in [6, 6.07) is -0.387. The number of aliphatic hydroxyl groups excluding tert-OH is 1.